The summed E-state index contributed by atoms with van der Waals surface area (Å²) in [5.41, 5.74) is 9.03. The third kappa shape index (κ3) is 2.50. The summed E-state index contributed by atoms with van der Waals surface area (Å²) in [6, 6.07) is 6.34. The van der Waals surface area contributed by atoms with Crippen LogP contribution in [0, 0.1) is 0 Å². The normalized spacial score (nSPS) is 19.1. The summed E-state index contributed by atoms with van der Waals surface area (Å²) in [5.74, 6) is 0. The largest absolute Gasteiger partial charge is 0.377 e. The van der Waals surface area contributed by atoms with E-state index in [-0.39, 0.29) is 5.54 Å². The molecule has 0 aromatic heterocycles. The number of hydrogen-bond donors (Lipinski definition) is 1. The van der Waals surface area contributed by atoms with Gasteiger partial charge in [0.1, 0.15) is 0 Å². The maximum Gasteiger partial charge on any atom is 0.0441 e. The molecule has 94 valence electrons. The molecular formula is C14H21BrN2. The van der Waals surface area contributed by atoms with Gasteiger partial charge in [0, 0.05) is 35.4 Å². The zero-order valence-corrected chi connectivity index (χ0v) is 12.3. The highest BCUT2D eigenvalue weighted by Gasteiger charge is 2.33. The fraction of sp³-hybridized carbons (Fsp3) is 0.571. The average molecular weight is 297 g/mol. The molecule has 17 heavy (non-hydrogen) atoms. The van der Waals surface area contributed by atoms with Crippen molar-refractivity contribution in [2.75, 3.05) is 19.0 Å². The molecule has 0 atom stereocenters. The molecule has 2 nitrogen and oxygen atoms in total. The second-order valence-electron chi connectivity index (χ2n) is 5.25. The molecule has 0 spiro atoms. The molecule has 1 aliphatic carbocycles. The first-order chi connectivity index (χ1) is 8.04. The lowest BCUT2D eigenvalue weighted by molar-refractivity contribution is 0.301. The van der Waals surface area contributed by atoms with Gasteiger partial charge in [-0.05, 0) is 25.0 Å². The van der Waals surface area contributed by atoms with Crippen molar-refractivity contribution < 1.29 is 0 Å². The van der Waals surface area contributed by atoms with Gasteiger partial charge in [-0.2, -0.15) is 0 Å². The van der Waals surface area contributed by atoms with Crippen LogP contribution >= 0.6 is 15.9 Å². The van der Waals surface area contributed by atoms with Crippen molar-refractivity contribution in [2.24, 2.45) is 5.73 Å². The van der Waals surface area contributed by atoms with Crippen LogP contribution in [0.1, 0.15) is 37.7 Å². The summed E-state index contributed by atoms with van der Waals surface area (Å²) in [6.07, 6.45) is 5.99. The van der Waals surface area contributed by atoms with Crippen molar-refractivity contribution in [3.63, 3.8) is 0 Å². The lowest BCUT2D eigenvalue weighted by Gasteiger charge is -2.37. The fourth-order valence-electron chi connectivity index (χ4n) is 2.81. The second kappa shape index (κ2) is 4.99. The van der Waals surface area contributed by atoms with Crippen LogP contribution in [0.3, 0.4) is 0 Å². The van der Waals surface area contributed by atoms with E-state index in [1.165, 1.54) is 30.5 Å². The van der Waals surface area contributed by atoms with Crippen LogP contribution < -0.4 is 10.6 Å². The number of benzene rings is 1. The van der Waals surface area contributed by atoms with Crippen LogP contribution in [-0.4, -0.2) is 14.1 Å². The minimum atomic E-state index is -0.155. The number of rotatable bonds is 2. The van der Waals surface area contributed by atoms with Crippen LogP contribution in [0.2, 0.25) is 0 Å². The van der Waals surface area contributed by atoms with Gasteiger partial charge in [-0.1, -0.05) is 41.3 Å². The van der Waals surface area contributed by atoms with Gasteiger partial charge in [-0.3, -0.25) is 0 Å². The van der Waals surface area contributed by atoms with Crippen LogP contribution in [0.15, 0.2) is 22.7 Å². The number of halogens is 1. The van der Waals surface area contributed by atoms with E-state index in [0.717, 1.165) is 17.3 Å². The van der Waals surface area contributed by atoms with Gasteiger partial charge >= 0.3 is 0 Å². The molecule has 0 heterocycles. The third-order valence-electron chi connectivity index (χ3n) is 3.72. The number of anilines is 1. The smallest absolute Gasteiger partial charge is 0.0441 e. The van der Waals surface area contributed by atoms with E-state index in [1.807, 2.05) is 0 Å². The van der Waals surface area contributed by atoms with Crippen LogP contribution in [0.4, 0.5) is 5.69 Å². The minimum Gasteiger partial charge on any atom is -0.377 e. The van der Waals surface area contributed by atoms with Crippen molar-refractivity contribution in [3.8, 4) is 0 Å². The maximum atomic E-state index is 6.66. The molecule has 0 bridgehead atoms. The molecular weight excluding hydrogens is 276 g/mol. The predicted octanol–water partition coefficient (Wildman–Crippen LogP) is 3.63. The van der Waals surface area contributed by atoms with E-state index >= 15 is 0 Å². The molecule has 0 unspecified atom stereocenters. The van der Waals surface area contributed by atoms with E-state index in [9.17, 15) is 0 Å². The zero-order valence-electron chi connectivity index (χ0n) is 10.7. The summed E-state index contributed by atoms with van der Waals surface area (Å²) in [5, 5.41) is 0. The molecule has 1 aromatic carbocycles. The van der Waals surface area contributed by atoms with E-state index in [4.69, 9.17) is 5.73 Å². The number of hydrogen-bond acceptors (Lipinski definition) is 2. The topological polar surface area (TPSA) is 29.3 Å². The molecule has 2 rings (SSSR count). The number of nitrogens with zero attached hydrogens (tertiary/aromatic N) is 1. The molecule has 0 aliphatic heterocycles. The molecule has 1 aromatic rings. The summed E-state index contributed by atoms with van der Waals surface area (Å²) in [7, 11) is 4.16. The maximum absolute atomic E-state index is 6.66. The Labute approximate surface area is 112 Å². The molecule has 1 saturated carbocycles. The lowest BCUT2D eigenvalue weighted by Crippen LogP contribution is -2.40. The van der Waals surface area contributed by atoms with Crippen molar-refractivity contribution >= 4 is 21.6 Å². The highest BCUT2D eigenvalue weighted by molar-refractivity contribution is 9.10. The predicted molar refractivity (Wildman–Crippen MR) is 77.4 cm³/mol. The second-order valence-corrected chi connectivity index (χ2v) is 6.10. The Hall–Kier alpha value is -0.540. The van der Waals surface area contributed by atoms with Gasteiger partial charge in [-0.25, -0.2) is 0 Å². The zero-order chi connectivity index (χ0) is 12.5. The first kappa shape index (κ1) is 12.9. The van der Waals surface area contributed by atoms with Crippen molar-refractivity contribution in [1.29, 1.82) is 0 Å². The molecule has 1 aliphatic rings. The Morgan fingerprint density at radius 1 is 1.18 bits per heavy atom. The molecule has 0 amide bonds. The quantitative estimate of drug-likeness (QED) is 0.903. The van der Waals surface area contributed by atoms with Gasteiger partial charge in [0.2, 0.25) is 0 Å². The first-order valence-corrected chi connectivity index (χ1v) is 7.09. The highest BCUT2D eigenvalue weighted by Crippen LogP contribution is 2.42. The van der Waals surface area contributed by atoms with Crippen LogP contribution in [-0.2, 0) is 5.54 Å². The molecule has 3 heteroatoms. The Morgan fingerprint density at radius 3 is 2.41 bits per heavy atom. The summed E-state index contributed by atoms with van der Waals surface area (Å²) < 4.78 is 1.15. The third-order valence-corrected chi connectivity index (χ3v) is 4.38. The van der Waals surface area contributed by atoms with Crippen molar-refractivity contribution in [3.05, 3.63) is 28.2 Å². The molecule has 0 radical (unpaired) electrons. The summed E-state index contributed by atoms with van der Waals surface area (Å²) in [6.45, 7) is 0. The average Bonchev–Trinajstić information content (AvgIpc) is 2.29. The Morgan fingerprint density at radius 2 is 1.82 bits per heavy atom. The SMILES string of the molecule is CN(C)c1cccc(Br)c1C1(N)CCCCC1. The molecule has 0 saturated heterocycles. The molecule has 2 N–H and O–H groups in total. The van der Waals surface area contributed by atoms with E-state index in [0.29, 0.717) is 0 Å². The monoisotopic (exact) mass is 296 g/mol. The Bertz CT molecular complexity index is 395. The van der Waals surface area contributed by atoms with Gasteiger partial charge in [0.25, 0.3) is 0 Å². The van der Waals surface area contributed by atoms with E-state index < -0.39 is 0 Å². The van der Waals surface area contributed by atoms with E-state index in [1.54, 1.807) is 0 Å². The first-order valence-electron chi connectivity index (χ1n) is 6.30. The summed E-state index contributed by atoms with van der Waals surface area (Å²) in [4.78, 5) is 2.16. The van der Waals surface area contributed by atoms with Gasteiger partial charge in [0.15, 0.2) is 0 Å². The minimum absolute atomic E-state index is 0.155. The fourth-order valence-corrected chi connectivity index (χ4v) is 3.56. The highest BCUT2D eigenvalue weighted by atomic mass is 79.9. The Kier molecular flexibility index (Phi) is 3.79. The van der Waals surface area contributed by atoms with Crippen molar-refractivity contribution in [2.45, 2.75) is 37.6 Å². The van der Waals surface area contributed by atoms with Crippen LogP contribution in [0.5, 0.6) is 0 Å². The van der Waals surface area contributed by atoms with Gasteiger partial charge in [-0.15, -0.1) is 0 Å². The van der Waals surface area contributed by atoms with Crippen molar-refractivity contribution in [1.82, 2.24) is 0 Å². The Balaban J connectivity index is 2.48. The standard InChI is InChI=1S/C14H21BrN2/c1-17(2)12-8-6-7-11(15)13(12)14(16)9-4-3-5-10-14/h6-8H,3-5,9-10,16H2,1-2H3. The van der Waals surface area contributed by atoms with Crippen LogP contribution in [0.25, 0.3) is 0 Å². The summed E-state index contributed by atoms with van der Waals surface area (Å²) >= 11 is 3.68. The molecule has 1 fully saturated rings. The number of nitrogens with two attached hydrogens (primary N) is 1. The lowest BCUT2D eigenvalue weighted by atomic mass is 9.76. The van der Waals surface area contributed by atoms with Gasteiger partial charge < -0.3 is 10.6 Å². The van der Waals surface area contributed by atoms with Gasteiger partial charge in [0.05, 0.1) is 0 Å². The van der Waals surface area contributed by atoms with E-state index in [2.05, 4.69) is 53.1 Å².